The molecule has 0 spiro atoms. The Balaban J connectivity index is 3.43. The first-order valence-corrected chi connectivity index (χ1v) is 3.79. The van der Waals surface area contributed by atoms with Gasteiger partial charge in [-0.2, -0.15) is 0 Å². The first kappa shape index (κ1) is 9.54. The number of nitro groups is 2. The average molecular weight is 200 g/mol. The van der Waals surface area contributed by atoms with Crippen molar-refractivity contribution in [3.8, 4) is 0 Å². The molecule has 0 N–H and O–H groups in total. The van der Waals surface area contributed by atoms with Crippen LogP contribution >= 0.6 is 9.24 Å². The molecule has 0 heterocycles. The van der Waals surface area contributed by atoms with Crippen molar-refractivity contribution in [2.24, 2.45) is 0 Å². The summed E-state index contributed by atoms with van der Waals surface area (Å²) in [5.41, 5.74) is -0.963. The van der Waals surface area contributed by atoms with E-state index in [1.165, 1.54) is 12.1 Å². The zero-order valence-corrected chi connectivity index (χ0v) is 7.49. The molecule has 0 amide bonds. The third-order valence-corrected chi connectivity index (χ3v) is 1.89. The van der Waals surface area contributed by atoms with Gasteiger partial charge >= 0.3 is 11.4 Å². The molecule has 0 saturated carbocycles. The molecule has 1 aromatic carbocycles. The van der Waals surface area contributed by atoms with Gasteiger partial charge in [0, 0.05) is 6.07 Å². The van der Waals surface area contributed by atoms with E-state index in [9.17, 15) is 20.2 Å². The molecule has 1 unspecified atom stereocenters. The first-order chi connectivity index (χ1) is 6.04. The molecule has 7 heteroatoms. The van der Waals surface area contributed by atoms with Crippen LogP contribution < -0.4 is 5.30 Å². The lowest BCUT2D eigenvalue weighted by Gasteiger charge is -1.96. The topological polar surface area (TPSA) is 86.3 Å². The highest BCUT2D eigenvalue weighted by atomic mass is 31.0. The third-order valence-electron chi connectivity index (χ3n) is 1.43. The molecular weight excluding hydrogens is 195 g/mol. The van der Waals surface area contributed by atoms with Crippen LogP contribution in [-0.4, -0.2) is 9.85 Å². The minimum absolute atomic E-state index is 0.208. The zero-order chi connectivity index (χ0) is 10.0. The van der Waals surface area contributed by atoms with Gasteiger partial charge in [-0.25, -0.2) is 0 Å². The van der Waals surface area contributed by atoms with Crippen molar-refractivity contribution >= 4 is 25.9 Å². The van der Waals surface area contributed by atoms with Gasteiger partial charge in [0.1, 0.15) is 0 Å². The average Bonchev–Trinajstić information content (AvgIpc) is 2.02. The Hall–Kier alpha value is -1.55. The largest absolute Gasteiger partial charge is 0.353 e. The van der Waals surface area contributed by atoms with E-state index < -0.39 is 21.2 Å². The summed E-state index contributed by atoms with van der Waals surface area (Å²) in [6.45, 7) is 0. The van der Waals surface area contributed by atoms with Gasteiger partial charge in [0.2, 0.25) is 0 Å². The van der Waals surface area contributed by atoms with Crippen molar-refractivity contribution in [1.82, 2.24) is 0 Å². The molecule has 68 valence electrons. The van der Waals surface area contributed by atoms with E-state index in [0.29, 0.717) is 0 Å². The fraction of sp³-hybridized carbons (Fsp3) is 0. The Morgan fingerprint density at radius 2 is 1.77 bits per heavy atom. The number of nitrogens with zero attached hydrogens (tertiary/aromatic N) is 2. The highest BCUT2D eigenvalue weighted by Crippen LogP contribution is 2.24. The minimum Gasteiger partial charge on any atom is -0.258 e. The van der Waals surface area contributed by atoms with Crippen molar-refractivity contribution in [2.75, 3.05) is 0 Å². The molecule has 1 aromatic rings. The summed E-state index contributed by atoms with van der Waals surface area (Å²) in [4.78, 5) is 19.3. The molecule has 0 aromatic heterocycles. The lowest BCUT2D eigenvalue weighted by Crippen LogP contribution is -2.05. The molecule has 0 bridgehead atoms. The normalized spacial score (nSPS) is 9.62. The summed E-state index contributed by atoms with van der Waals surface area (Å²) >= 11 is 0. The Morgan fingerprint density at radius 1 is 1.15 bits per heavy atom. The second-order valence-electron chi connectivity index (χ2n) is 2.23. The van der Waals surface area contributed by atoms with Crippen LogP contribution in [0.2, 0.25) is 0 Å². The van der Waals surface area contributed by atoms with E-state index in [4.69, 9.17) is 0 Å². The quantitative estimate of drug-likeness (QED) is 0.404. The molecular formula is C6H5N2O4P. The molecule has 13 heavy (non-hydrogen) atoms. The summed E-state index contributed by atoms with van der Waals surface area (Å²) in [6.07, 6.45) is 0. The van der Waals surface area contributed by atoms with Crippen molar-refractivity contribution in [1.29, 1.82) is 0 Å². The van der Waals surface area contributed by atoms with Crippen LogP contribution in [0.15, 0.2) is 18.2 Å². The summed E-state index contributed by atoms with van der Waals surface area (Å²) in [5, 5.41) is 21.0. The maximum atomic E-state index is 10.4. The van der Waals surface area contributed by atoms with Gasteiger partial charge < -0.3 is 0 Å². The van der Waals surface area contributed by atoms with Crippen molar-refractivity contribution in [2.45, 2.75) is 0 Å². The van der Waals surface area contributed by atoms with E-state index in [2.05, 4.69) is 9.24 Å². The van der Waals surface area contributed by atoms with Gasteiger partial charge in [-0.1, -0.05) is 15.3 Å². The molecule has 0 aliphatic heterocycles. The van der Waals surface area contributed by atoms with Crippen LogP contribution in [0.25, 0.3) is 0 Å². The second-order valence-corrected chi connectivity index (χ2v) is 2.85. The van der Waals surface area contributed by atoms with Gasteiger partial charge in [-0.3, -0.25) is 20.2 Å². The highest BCUT2D eigenvalue weighted by Gasteiger charge is 2.25. The standard InChI is InChI=1S/C6H5N2O4P/c9-7(10)4-2-1-3-5(13)6(4)8(11)12/h1-3H,13H2. The minimum atomic E-state index is -0.772. The number of nitro benzene ring substituents is 2. The van der Waals surface area contributed by atoms with Crippen LogP contribution in [0.4, 0.5) is 11.4 Å². The van der Waals surface area contributed by atoms with Crippen LogP contribution in [0.3, 0.4) is 0 Å². The van der Waals surface area contributed by atoms with Gasteiger partial charge in [0.15, 0.2) is 0 Å². The molecule has 0 radical (unpaired) electrons. The zero-order valence-electron chi connectivity index (χ0n) is 6.34. The van der Waals surface area contributed by atoms with Gasteiger partial charge in [0.25, 0.3) is 0 Å². The van der Waals surface area contributed by atoms with E-state index in [1.807, 2.05) is 0 Å². The summed E-state index contributed by atoms with van der Waals surface area (Å²) in [5.74, 6) is 0. The van der Waals surface area contributed by atoms with E-state index in [0.717, 1.165) is 6.07 Å². The maximum absolute atomic E-state index is 10.4. The van der Waals surface area contributed by atoms with Crippen LogP contribution in [0, 0.1) is 20.2 Å². The van der Waals surface area contributed by atoms with E-state index in [-0.39, 0.29) is 5.30 Å². The number of hydrogen-bond acceptors (Lipinski definition) is 4. The van der Waals surface area contributed by atoms with Gasteiger partial charge in [-0.15, -0.1) is 0 Å². The predicted molar refractivity (Wildman–Crippen MR) is 49.1 cm³/mol. The van der Waals surface area contributed by atoms with E-state index in [1.54, 1.807) is 0 Å². The number of para-hydroxylation sites is 1. The summed E-state index contributed by atoms with van der Waals surface area (Å²) in [7, 11) is 2.09. The third kappa shape index (κ3) is 1.78. The second kappa shape index (κ2) is 3.45. The lowest BCUT2D eigenvalue weighted by atomic mass is 10.3. The Bertz CT molecular complexity index is 379. The van der Waals surface area contributed by atoms with E-state index >= 15 is 0 Å². The first-order valence-electron chi connectivity index (χ1n) is 3.21. The summed E-state index contributed by atoms with van der Waals surface area (Å²) < 4.78 is 0. The monoisotopic (exact) mass is 200 g/mol. The Labute approximate surface area is 75.1 Å². The number of hydrogen-bond donors (Lipinski definition) is 0. The lowest BCUT2D eigenvalue weighted by molar-refractivity contribution is -0.421. The van der Waals surface area contributed by atoms with Crippen LogP contribution in [-0.2, 0) is 0 Å². The fourth-order valence-electron chi connectivity index (χ4n) is 0.895. The molecule has 1 atom stereocenters. The Kier molecular flexibility index (Phi) is 2.53. The Morgan fingerprint density at radius 3 is 2.15 bits per heavy atom. The van der Waals surface area contributed by atoms with Crippen LogP contribution in [0.5, 0.6) is 0 Å². The molecule has 0 saturated heterocycles. The number of benzene rings is 1. The predicted octanol–water partition coefficient (Wildman–Crippen LogP) is 1.00. The van der Waals surface area contributed by atoms with Crippen molar-refractivity contribution in [3.05, 3.63) is 38.4 Å². The van der Waals surface area contributed by atoms with Crippen molar-refractivity contribution < 1.29 is 9.85 Å². The SMILES string of the molecule is O=[N+]([O-])c1cccc(P)c1[N+](=O)[O-]. The molecule has 0 aliphatic carbocycles. The molecule has 0 aliphatic rings. The molecule has 0 fully saturated rings. The molecule has 1 rings (SSSR count). The number of rotatable bonds is 2. The van der Waals surface area contributed by atoms with Gasteiger partial charge in [-0.05, 0) is 6.07 Å². The maximum Gasteiger partial charge on any atom is 0.353 e. The smallest absolute Gasteiger partial charge is 0.258 e. The van der Waals surface area contributed by atoms with Crippen molar-refractivity contribution in [3.63, 3.8) is 0 Å². The van der Waals surface area contributed by atoms with Crippen LogP contribution in [0.1, 0.15) is 0 Å². The molecule has 6 nitrogen and oxygen atoms in total. The van der Waals surface area contributed by atoms with Gasteiger partial charge in [0.05, 0.1) is 15.2 Å². The highest BCUT2D eigenvalue weighted by molar-refractivity contribution is 7.28. The summed E-state index contributed by atoms with van der Waals surface area (Å²) in [6, 6.07) is 3.93. The fourth-order valence-corrected chi connectivity index (χ4v) is 1.26.